The van der Waals surface area contributed by atoms with Crippen molar-refractivity contribution >= 4 is 0 Å². The Balaban J connectivity index is 1.25. The van der Waals surface area contributed by atoms with Crippen molar-refractivity contribution in [3.05, 3.63) is 86.7 Å². The fourth-order valence-electron chi connectivity index (χ4n) is 5.13. The van der Waals surface area contributed by atoms with Gasteiger partial charge in [0.15, 0.2) is 0 Å². The van der Waals surface area contributed by atoms with E-state index in [-0.39, 0.29) is 16.5 Å². The van der Waals surface area contributed by atoms with E-state index in [1.807, 2.05) is 0 Å². The number of halogens is 4. The van der Waals surface area contributed by atoms with Crippen molar-refractivity contribution in [2.45, 2.75) is 31.0 Å². The Morgan fingerprint density at radius 2 is 1.94 bits per heavy atom. The number of aromatic nitrogens is 3. The molecule has 1 saturated carbocycles. The highest BCUT2D eigenvalue weighted by atomic mass is 19.4. The minimum Gasteiger partial charge on any atom is -0.302 e. The molecule has 1 aromatic carbocycles. The van der Waals surface area contributed by atoms with Crippen molar-refractivity contribution in [2.75, 3.05) is 19.6 Å². The molecule has 0 amide bonds. The maximum absolute atomic E-state index is 14.0. The summed E-state index contributed by atoms with van der Waals surface area (Å²) in [6, 6.07) is 8.53. The second-order valence-corrected chi connectivity index (χ2v) is 9.06. The van der Waals surface area contributed by atoms with Gasteiger partial charge in [-0.2, -0.15) is 17.6 Å². The molecule has 3 aromatic rings. The van der Waals surface area contributed by atoms with Crippen molar-refractivity contribution in [3.63, 3.8) is 0 Å². The molecule has 2 aromatic heterocycles. The monoisotopic (exact) mass is 474 g/mol. The summed E-state index contributed by atoms with van der Waals surface area (Å²) in [5, 5.41) is 0. The summed E-state index contributed by atoms with van der Waals surface area (Å²) in [5.41, 5.74) is -1.35. The van der Waals surface area contributed by atoms with Gasteiger partial charge in [0, 0.05) is 43.0 Å². The summed E-state index contributed by atoms with van der Waals surface area (Å²) in [4.78, 5) is 32.4. The van der Waals surface area contributed by atoms with Crippen LogP contribution >= 0.6 is 0 Å². The number of H-pyrrole nitrogens is 1. The Morgan fingerprint density at radius 3 is 2.71 bits per heavy atom. The molecule has 2 aliphatic rings. The predicted octanol–water partition coefficient (Wildman–Crippen LogP) is 3.42. The molecule has 178 valence electrons. The molecular weight excluding hydrogens is 452 g/mol. The Morgan fingerprint density at radius 1 is 1.12 bits per heavy atom. The summed E-state index contributed by atoms with van der Waals surface area (Å²) >= 11 is 0. The van der Waals surface area contributed by atoms with Crippen molar-refractivity contribution in [1.82, 2.24) is 19.4 Å². The van der Waals surface area contributed by atoms with Crippen LogP contribution in [0.4, 0.5) is 17.6 Å². The molecular formula is C24H22F4N4O2. The number of nitrogens with one attached hydrogen (secondary N) is 1. The Kier molecular flexibility index (Phi) is 5.43. The lowest BCUT2D eigenvalue weighted by Crippen LogP contribution is -2.32. The van der Waals surface area contributed by atoms with Crippen molar-refractivity contribution in [2.24, 2.45) is 5.92 Å². The number of hydrogen-bond acceptors (Lipinski definition) is 4. The summed E-state index contributed by atoms with van der Waals surface area (Å²) < 4.78 is 54.8. The van der Waals surface area contributed by atoms with E-state index in [0.717, 1.165) is 24.6 Å². The second-order valence-electron chi connectivity index (χ2n) is 9.06. The lowest BCUT2D eigenvalue weighted by molar-refractivity contribution is -0.137. The molecule has 10 heteroatoms. The Hall–Kier alpha value is -3.27. The minimum absolute atomic E-state index is 0.0140. The molecule has 0 bridgehead atoms. The second kappa shape index (κ2) is 8.19. The van der Waals surface area contributed by atoms with Gasteiger partial charge < -0.3 is 4.90 Å². The van der Waals surface area contributed by atoms with E-state index < -0.39 is 28.9 Å². The summed E-state index contributed by atoms with van der Waals surface area (Å²) in [7, 11) is 0. The highest BCUT2D eigenvalue weighted by molar-refractivity contribution is 5.60. The molecule has 2 fully saturated rings. The topological polar surface area (TPSA) is 71.0 Å². The number of nitrogens with zero attached hydrogens (tertiary/aromatic N) is 3. The first-order valence-electron chi connectivity index (χ1n) is 11.0. The van der Waals surface area contributed by atoms with E-state index in [1.165, 1.54) is 41.2 Å². The van der Waals surface area contributed by atoms with Gasteiger partial charge in [0.25, 0.3) is 5.56 Å². The third-order valence-electron chi connectivity index (χ3n) is 6.91. The van der Waals surface area contributed by atoms with Crippen LogP contribution in [0.3, 0.4) is 0 Å². The number of alkyl halides is 3. The number of hydrogen-bond donors (Lipinski definition) is 1. The Labute approximate surface area is 191 Å². The van der Waals surface area contributed by atoms with E-state index in [0.29, 0.717) is 32.0 Å². The number of piperidine rings is 1. The number of aromatic amines is 1. The molecule has 1 aliphatic heterocycles. The zero-order valence-corrected chi connectivity index (χ0v) is 18.1. The third kappa shape index (κ3) is 4.06. The van der Waals surface area contributed by atoms with E-state index >= 15 is 0 Å². The molecule has 1 saturated heterocycles. The van der Waals surface area contributed by atoms with Crippen LogP contribution in [0.2, 0.25) is 0 Å². The zero-order valence-electron chi connectivity index (χ0n) is 18.1. The van der Waals surface area contributed by atoms with Crippen LogP contribution in [0, 0.1) is 11.9 Å². The van der Waals surface area contributed by atoms with Crippen LogP contribution in [-0.2, 0) is 18.1 Å². The van der Waals surface area contributed by atoms with Gasteiger partial charge in [0.05, 0.1) is 11.1 Å². The number of likely N-dealkylation sites (tertiary alicyclic amines) is 1. The van der Waals surface area contributed by atoms with Gasteiger partial charge in [0.1, 0.15) is 0 Å². The number of pyridine rings is 1. The van der Waals surface area contributed by atoms with Gasteiger partial charge in [-0.15, -0.1) is 0 Å². The van der Waals surface area contributed by atoms with Gasteiger partial charge in [-0.05, 0) is 49.1 Å². The normalized spacial score (nSPS) is 22.1. The Bertz CT molecular complexity index is 1350. The standard InChI is InChI=1S/C24H22F4N4O2/c25-20-18(6-2-7-29-20)19-13-32(22(34)30-21(19)33)9-3-8-31-12-17-11-23(17,14-31)15-4-1-5-16(10-15)24(26,27)28/h1-2,4-7,10,13,17H,3,8-9,11-12,14H2,(H,30,33,34)/t17-,23+/m0/s1. The largest absolute Gasteiger partial charge is 0.416 e. The number of fused-ring (bicyclic) bond motifs is 1. The summed E-state index contributed by atoms with van der Waals surface area (Å²) in [6.45, 7) is 2.43. The maximum Gasteiger partial charge on any atom is 0.416 e. The van der Waals surface area contributed by atoms with E-state index in [9.17, 15) is 27.2 Å². The highest BCUT2D eigenvalue weighted by Gasteiger charge is 2.60. The molecule has 0 unspecified atom stereocenters. The van der Waals surface area contributed by atoms with Crippen LogP contribution in [0.15, 0.2) is 58.4 Å². The van der Waals surface area contributed by atoms with Crippen molar-refractivity contribution < 1.29 is 17.6 Å². The molecule has 1 aliphatic carbocycles. The van der Waals surface area contributed by atoms with Crippen LogP contribution in [0.25, 0.3) is 11.1 Å². The third-order valence-corrected chi connectivity index (χ3v) is 6.91. The maximum atomic E-state index is 14.0. The van der Waals surface area contributed by atoms with Gasteiger partial charge in [-0.3, -0.25) is 14.3 Å². The van der Waals surface area contributed by atoms with Crippen molar-refractivity contribution in [3.8, 4) is 11.1 Å². The fraction of sp³-hybridized carbons (Fsp3) is 0.375. The minimum atomic E-state index is -4.36. The first kappa shape index (κ1) is 22.5. The van der Waals surface area contributed by atoms with Gasteiger partial charge >= 0.3 is 11.9 Å². The first-order valence-corrected chi connectivity index (χ1v) is 11.0. The van der Waals surface area contributed by atoms with Crippen LogP contribution in [0.5, 0.6) is 0 Å². The fourth-order valence-corrected chi connectivity index (χ4v) is 5.13. The number of benzene rings is 1. The smallest absolute Gasteiger partial charge is 0.302 e. The molecule has 6 nitrogen and oxygen atoms in total. The van der Waals surface area contributed by atoms with Gasteiger partial charge in [0.2, 0.25) is 5.95 Å². The van der Waals surface area contributed by atoms with Crippen LogP contribution < -0.4 is 11.2 Å². The van der Waals surface area contributed by atoms with Crippen LogP contribution in [-0.4, -0.2) is 39.1 Å². The van der Waals surface area contributed by atoms with Gasteiger partial charge in [-0.25, -0.2) is 9.78 Å². The highest BCUT2D eigenvalue weighted by Crippen LogP contribution is 2.59. The van der Waals surface area contributed by atoms with Crippen molar-refractivity contribution in [1.29, 1.82) is 0 Å². The zero-order chi connectivity index (χ0) is 24.1. The average Bonchev–Trinajstić information content (AvgIpc) is 3.37. The molecule has 0 spiro atoms. The first-order chi connectivity index (χ1) is 16.2. The van der Waals surface area contributed by atoms with Gasteiger partial charge in [-0.1, -0.05) is 18.2 Å². The number of aryl methyl sites for hydroxylation is 1. The SMILES string of the molecule is O=c1[nH]c(=O)n(CCCN2C[C@@H]3C[C@]3(c3cccc(C(F)(F)F)c3)C2)cc1-c1cccnc1F. The van der Waals surface area contributed by atoms with E-state index in [1.54, 1.807) is 6.07 Å². The molecule has 3 heterocycles. The van der Waals surface area contributed by atoms with E-state index in [2.05, 4.69) is 14.9 Å². The lowest BCUT2D eigenvalue weighted by Gasteiger charge is -2.22. The molecule has 2 atom stereocenters. The summed E-state index contributed by atoms with van der Waals surface area (Å²) in [6.07, 6.45) is -0.282. The molecule has 34 heavy (non-hydrogen) atoms. The molecule has 5 rings (SSSR count). The lowest BCUT2D eigenvalue weighted by atomic mass is 9.93. The quantitative estimate of drug-likeness (QED) is 0.439. The van der Waals surface area contributed by atoms with E-state index in [4.69, 9.17) is 0 Å². The number of rotatable bonds is 6. The van der Waals surface area contributed by atoms with Crippen LogP contribution in [0.1, 0.15) is 24.0 Å². The molecule has 0 radical (unpaired) electrons. The molecule has 1 N–H and O–H groups in total. The average molecular weight is 474 g/mol. The summed E-state index contributed by atoms with van der Waals surface area (Å²) in [5.74, 6) is -0.471. The predicted molar refractivity (Wildman–Crippen MR) is 117 cm³/mol.